The van der Waals surface area contributed by atoms with Gasteiger partial charge in [-0.3, -0.25) is 14.5 Å². The van der Waals surface area contributed by atoms with Crippen LogP contribution in [0.5, 0.6) is 11.5 Å². The summed E-state index contributed by atoms with van der Waals surface area (Å²) in [6.45, 7) is 6.41. The minimum atomic E-state index is -0.719. The van der Waals surface area contributed by atoms with Gasteiger partial charge in [-0.05, 0) is 48.4 Å². The van der Waals surface area contributed by atoms with Gasteiger partial charge in [0.25, 0.3) is 11.7 Å². The first-order valence-corrected chi connectivity index (χ1v) is 12.0. The molecule has 8 heteroatoms. The molecule has 1 atom stereocenters. The van der Waals surface area contributed by atoms with Crippen molar-refractivity contribution >= 4 is 17.4 Å². The Morgan fingerprint density at radius 2 is 1.80 bits per heavy atom. The van der Waals surface area contributed by atoms with Crippen LogP contribution < -0.4 is 9.47 Å². The molecular weight excluding hydrogens is 448 g/mol. The number of aliphatic hydroxyl groups is 1. The maximum Gasteiger partial charge on any atom is 0.295 e. The molecule has 0 saturated carbocycles. The second-order valence-electron chi connectivity index (χ2n) is 8.60. The Morgan fingerprint density at radius 1 is 1.06 bits per heavy atom. The first kappa shape index (κ1) is 24.8. The van der Waals surface area contributed by atoms with E-state index >= 15 is 0 Å². The fourth-order valence-electron chi connectivity index (χ4n) is 4.43. The number of carbonyl (C=O) groups excluding carboxylic acids is 2. The molecule has 1 N–H and O–H groups in total. The average molecular weight is 481 g/mol. The van der Waals surface area contributed by atoms with Gasteiger partial charge in [-0.15, -0.1) is 0 Å². The fourth-order valence-corrected chi connectivity index (χ4v) is 4.43. The zero-order valence-electron chi connectivity index (χ0n) is 20.2. The zero-order chi connectivity index (χ0) is 24.8. The number of hydrogen-bond acceptors (Lipinski definition) is 7. The summed E-state index contributed by atoms with van der Waals surface area (Å²) in [5, 5.41) is 11.2. The molecule has 2 heterocycles. The van der Waals surface area contributed by atoms with Crippen molar-refractivity contribution in [3.63, 3.8) is 0 Å². The maximum atomic E-state index is 13.2. The number of ether oxygens (including phenoxy) is 3. The van der Waals surface area contributed by atoms with Gasteiger partial charge in [0.1, 0.15) is 17.3 Å². The van der Waals surface area contributed by atoms with Gasteiger partial charge in [0.2, 0.25) is 0 Å². The highest BCUT2D eigenvalue weighted by Crippen LogP contribution is 2.40. The summed E-state index contributed by atoms with van der Waals surface area (Å²) >= 11 is 0. The number of hydrogen-bond donors (Lipinski definition) is 1. The highest BCUT2D eigenvalue weighted by Gasteiger charge is 2.46. The van der Waals surface area contributed by atoms with Crippen molar-refractivity contribution in [3.05, 3.63) is 65.2 Å². The lowest BCUT2D eigenvalue weighted by atomic mass is 9.95. The number of carbonyl (C=O) groups is 2. The predicted octanol–water partition coefficient (Wildman–Crippen LogP) is 3.24. The first-order valence-electron chi connectivity index (χ1n) is 12.0. The van der Waals surface area contributed by atoms with Gasteiger partial charge >= 0.3 is 0 Å². The third kappa shape index (κ3) is 5.49. The summed E-state index contributed by atoms with van der Waals surface area (Å²) in [6.07, 6.45) is 0.861. The number of ketones is 1. The molecule has 1 amide bonds. The number of nitrogens with zero attached hydrogens (tertiary/aromatic N) is 2. The van der Waals surface area contributed by atoms with Crippen LogP contribution in [0.2, 0.25) is 0 Å². The van der Waals surface area contributed by atoms with Gasteiger partial charge in [0.05, 0.1) is 38.5 Å². The van der Waals surface area contributed by atoms with Crippen molar-refractivity contribution in [1.29, 1.82) is 0 Å². The Labute approximate surface area is 205 Å². The number of amides is 1. The topological polar surface area (TPSA) is 88.5 Å². The fraction of sp³-hybridized carbons (Fsp3) is 0.407. The highest BCUT2D eigenvalue weighted by molar-refractivity contribution is 6.46. The Balaban J connectivity index is 1.72. The minimum Gasteiger partial charge on any atom is -0.507 e. The van der Waals surface area contributed by atoms with Gasteiger partial charge in [0, 0.05) is 31.7 Å². The molecule has 35 heavy (non-hydrogen) atoms. The average Bonchev–Trinajstić information content (AvgIpc) is 3.16. The van der Waals surface area contributed by atoms with Crippen LogP contribution in [0, 0.1) is 0 Å². The number of methoxy groups -OCH3 is 1. The van der Waals surface area contributed by atoms with E-state index in [2.05, 4.69) is 4.90 Å². The van der Waals surface area contributed by atoms with Crippen LogP contribution in [-0.4, -0.2) is 79.7 Å². The van der Waals surface area contributed by atoms with Crippen LogP contribution in [0.3, 0.4) is 0 Å². The third-order valence-electron chi connectivity index (χ3n) is 6.31. The van der Waals surface area contributed by atoms with Crippen LogP contribution in [0.1, 0.15) is 30.5 Å². The van der Waals surface area contributed by atoms with Crippen LogP contribution in [0.25, 0.3) is 5.76 Å². The van der Waals surface area contributed by atoms with E-state index in [0.717, 1.165) is 25.1 Å². The molecule has 186 valence electrons. The molecule has 2 saturated heterocycles. The molecule has 1 unspecified atom stereocenters. The molecular formula is C27H32N2O6. The number of morpholine rings is 1. The van der Waals surface area contributed by atoms with E-state index in [1.807, 2.05) is 31.2 Å². The molecule has 2 aromatic rings. The number of rotatable bonds is 9. The van der Waals surface area contributed by atoms with Crippen LogP contribution in [0.4, 0.5) is 0 Å². The molecule has 2 aromatic carbocycles. The lowest BCUT2D eigenvalue weighted by Crippen LogP contribution is -2.42. The maximum absolute atomic E-state index is 13.2. The molecule has 0 aliphatic carbocycles. The first-order chi connectivity index (χ1) is 17.0. The van der Waals surface area contributed by atoms with E-state index < -0.39 is 17.7 Å². The van der Waals surface area contributed by atoms with E-state index in [1.165, 1.54) is 0 Å². The largest absolute Gasteiger partial charge is 0.507 e. The van der Waals surface area contributed by atoms with Crippen molar-refractivity contribution in [2.75, 3.05) is 53.1 Å². The van der Waals surface area contributed by atoms with E-state index in [-0.39, 0.29) is 11.3 Å². The van der Waals surface area contributed by atoms with E-state index in [9.17, 15) is 14.7 Å². The molecule has 2 aliphatic heterocycles. The van der Waals surface area contributed by atoms with Crippen LogP contribution in [-0.2, 0) is 14.3 Å². The summed E-state index contributed by atoms with van der Waals surface area (Å²) in [7, 11) is 1.56. The lowest BCUT2D eigenvalue weighted by Gasteiger charge is -2.31. The monoisotopic (exact) mass is 480 g/mol. The third-order valence-corrected chi connectivity index (χ3v) is 6.31. The Morgan fingerprint density at radius 3 is 2.49 bits per heavy atom. The smallest absolute Gasteiger partial charge is 0.295 e. The number of benzene rings is 2. The van der Waals surface area contributed by atoms with Crippen molar-refractivity contribution in [2.45, 2.75) is 19.4 Å². The number of likely N-dealkylation sites (tertiary alicyclic amines) is 1. The highest BCUT2D eigenvalue weighted by atomic mass is 16.5. The summed E-state index contributed by atoms with van der Waals surface area (Å²) in [4.78, 5) is 30.2. The quantitative estimate of drug-likeness (QED) is 0.335. The van der Waals surface area contributed by atoms with Gasteiger partial charge in [0.15, 0.2) is 0 Å². The van der Waals surface area contributed by atoms with Crippen LogP contribution in [0.15, 0.2) is 54.1 Å². The van der Waals surface area contributed by atoms with E-state index in [4.69, 9.17) is 14.2 Å². The molecule has 4 rings (SSSR count). The molecule has 0 radical (unpaired) electrons. The van der Waals surface area contributed by atoms with Crippen molar-refractivity contribution in [1.82, 2.24) is 9.80 Å². The van der Waals surface area contributed by atoms with Crippen molar-refractivity contribution in [3.8, 4) is 11.5 Å². The van der Waals surface area contributed by atoms with Gasteiger partial charge in [-0.2, -0.15) is 0 Å². The van der Waals surface area contributed by atoms with Gasteiger partial charge in [-0.25, -0.2) is 0 Å². The zero-order valence-corrected chi connectivity index (χ0v) is 20.2. The molecule has 2 aliphatic rings. The second-order valence-corrected chi connectivity index (χ2v) is 8.60. The standard InChI is InChI=1S/C27H32N2O6/c1-3-15-35-22-6-4-5-20(18-22)24-23(25(30)19-7-9-21(33-2)10-8-19)26(31)27(32)29(24)12-11-28-13-16-34-17-14-28/h4-10,18,24,30H,3,11-17H2,1-2H3/b25-23+. The van der Waals surface area contributed by atoms with Crippen LogP contribution >= 0.6 is 0 Å². The molecule has 0 aromatic heterocycles. The molecule has 0 spiro atoms. The molecule has 2 fully saturated rings. The normalized spacial score (nSPS) is 20.3. The Hall–Kier alpha value is -3.36. The number of Topliss-reactive ketones (excluding diaryl/α,β-unsaturated/α-hetero) is 1. The van der Waals surface area contributed by atoms with E-state index in [1.54, 1.807) is 36.3 Å². The summed E-state index contributed by atoms with van der Waals surface area (Å²) in [5.41, 5.74) is 1.24. The van der Waals surface area contributed by atoms with Gasteiger partial charge in [-0.1, -0.05) is 19.1 Å². The summed E-state index contributed by atoms with van der Waals surface area (Å²) < 4.78 is 16.4. The summed E-state index contributed by atoms with van der Waals surface area (Å²) in [5.74, 6) is -0.217. The second kappa shape index (κ2) is 11.4. The minimum absolute atomic E-state index is 0.0785. The summed E-state index contributed by atoms with van der Waals surface area (Å²) in [6, 6.07) is 13.4. The predicted molar refractivity (Wildman–Crippen MR) is 131 cm³/mol. The molecule has 0 bridgehead atoms. The number of aliphatic hydroxyl groups excluding tert-OH is 1. The Bertz CT molecular complexity index is 1080. The van der Waals surface area contributed by atoms with Crippen molar-refractivity contribution in [2.24, 2.45) is 0 Å². The van der Waals surface area contributed by atoms with Crippen molar-refractivity contribution < 1.29 is 28.9 Å². The van der Waals surface area contributed by atoms with Gasteiger partial charge < -0.3 is 24.2 Å². The Kier molecular flexibility index (Phi) is 8.05. The SMILES string of the molecule is CCCOc1cccc(C2/C(=C(\O)c3ccc(OC)cc3)C(=O)C(=O)N2CCN2CCOCC2)c1. The van der Waals surface area contributed by atoms with E-state index in [0.29, 0.717) is 50.0 Å². The lowest BCUT2D eigenvalue weighted by molar-refractivity contribution is -0.140. The molecule has 8 nitrogen and oxygen atoms in total.